The van der Waals surface area contributed by atoms with Gasteiger partial charge >= 0.3 is 0 Å². The summed E-state index contributed by atoms with van der Waals surface area (Å²) in [6.07, 6.45) is 2.69. The molecule has 0 fully saturated rings. The number of benzene rings is 1. The van der Waals surface area contributed by atoms with Crippen LogP contribution in [0.4, 0.5) is 4.39 Å². The van der Waals surface area contributed by atoms with Crippen molar-refractivity contribution in [2.45, 2.75) is 45.7 Å². The number of halogens is 1. The van der Waals surface area contributed by atoms with Gasteiger partial charge in [0.15, 0.2) is 5.89 Å². The quantitative estimate of drug-likeness (QED) is 0.853. The van der Waals surface area contributed by atoms with Crippen molar-refractivity contribution in [3.05, 3.63) is 53.0 Å². The second-order valence-electron chi connectivity index (χ2n) is 6.07. The van der Waals surface area contributed by atoms with E-state index in [9.17, 15) is 4.39 Å². The van der Waals surface area contributed by atoms with Crippen LogP contribution in [-0.4, -0.2) is 16.4 Å². The van der Waals surface area contributed by atoms with E-state index in [4.69, 9.17) is 4.42 Å². The molecule has 1 aliphatic rings. The summed E-state index contributed by atoms with van der Waals surface area (Å²) in [5.74, 6) is 0.916. The molecule has 2 heterocycles. The Balaban J connectivity index is 1.78. The average molecular weight is 288 g/mol. The zero-order valence-corrected chi connectivity index (χ0v) is 12.8. The van der Waals surface area contributed by atoms with E-state index >= 15 is 0 Å². The van der Waals surface area contributed by atoms with E-state index in [0.717, 1.165) is 36.7 Å². The Morgan fingerprint density at radius 1 is 1.43 bits per heavy atom. The number of oxazole rings is 1. The Morgan fingerprint density at radius 2 is 2.24 bits per heavy atom. The zero-order chi connectivity index (χ0) is 15.0. The van der Waals surface area contributed by atoms with Gasteiger partial charge in [-0.05, 0) is 36.6 Å². The van der Waals surface area contributed by atoms with E-state index in [-0.39, 0.29) is 11.9 Å². The minimum atomic E-state index is -0.161. The predicted molar refractivity (Wildman–Crippen MR) is 79.5 cm³/mol. The number of nitrogens with zero attached hydrogens (tertiary/aromatic N) is 2. The molecule has 21 heavy (non-hydrogen) atoms. The molecule has 2 aromatic rings. The largest absolute Gasteiger partial charge is 0.448 e. The summed E-state index contributed by atoms with van der Waals surface area (Å²) in [6, 6.07) is 5.32. The molecule has 0 saturated heterocycles. The summed E-state index contributed by atoms with van der Waals surface area (Å²) >= 11 is 0. The van der Waals surface area contributed by atoms with Crippen LogP contribution in [0.1, 0.15) is 55.4 Å². The summed E-state index contributed by atoms with van der Waals surface area (Å²) in [5, 5.41) is 0. The fourth-order valence-electron chi connectivity index (χ4n) is 2.92. The summed E-state index contributed by atoms with van der Waals surface area (Å²) in [6.45, 7) is 7.97. The molecule has 1 aromatic heterocycles. The lowest BCUT2D eigenvalue weighted by Gasteiger charge is -2.34. The Hall–Kier alpha value is -1.68. The van der Waals surface area contributed by atoms with Crippen LogP contribution >= 0.6 is 0 Å². The summed E-state index contributed by atoms with van der Waals surface area (Å²) in [4.78, 5) is 6.85. The number of aromatic nitrogens is 1. The van der Waals surface area contributed by atoms with E-state index in [1.807, 2.05) is 6.07 Å². The second-order valence-corrected chi connectivity index (χ2v) is 6.07. The molecule has 1 atom stereocenters. The van der Waals surface area contributed by atoms with Crippen molar-refractivity contribution < 1.29 is 8.81 Å². The van der Waals surface area contributed by atoms with Gasteiger partial charge in [0.25, 0.3) is 0 Å². The zero-order valence-electron chi connectivity index (χ0n) is 12.8. The molecular formula is C17H21FN2O. The summed E-state index contributed by atoms with van der Waals surface area (Å²) < 4.78 is 19.0. The van der Waals surface area contributed by atoms with Gasteiger partial charge < -0.3 is 4.42 Å². The summed E-state index contributed by atoms with van der Waals surface area (Å²) in [7, 11) is 0. The van der Waals surface area contributed by atoms with E-state index in [0.29, 0.717) is 5.92 Å². The van der Waals surface area contributed by atoms with E-state index in [1.54, 1.807) is 18.4 Å². The first-order chi connectivity index (χ1) is 10.0. The maximum Gasteiger partial charge on any atom is 0.196 e. The number of hydrogen-bond acceptors (Lipinski definition) is 3. The van der Waals surface area contributed by atoms with Gasteiger partial charge in [-0.3, -0.25) is 4.90 Å². The van der Waals surface area contributed by atoms with Crippen LogP contribution in [-0.2, 0) is 13.0 Å². The highest BCUT2D eigenvalue weighted by Crippen LogP contribution is 2.31. The van der Waals surface area contributed by atoms with Gasteiger partial charge in [-0.15, -0.1) is 0 Å². The third-order valence-electron chi connectivity index (χ3n) is 4.20. The minimum Gasteiger partial charge on any atom is -0.448 e. The van der Waals surface area contributed by atoms with Crippen molar-refractivity contribution in [1.29, 1.82) is 0 Å². The maximum absolute atomic E-state index is 13.5. The fraction of sp³-hybridized carbons (Fsp3) is 0.471. The highest BCUT2D eigenvalue weighted by Gasteiger charge is 2.25. The first kappa shape index (κ1) is 14.3. The molecule has 0 saturated carbocycles. The molecule has 0 spiro atoms. The molecule has 0 aliphatic carbocycles. The smallest absolute Gasteiger partial charge is 0.196 e. The van der Waals surface area contributed by atoms with Crippen molar-refractivity contribution in [2.75, 3.05) is 6.54 Å². The third kappa shape index (κ3) is 2.86. The standard InChI is InChI=1S/C17H21FN2O/c1-11(2)17-19-15(10-21-17)9-20-7-6-13-4-5-14(18)8-16(13)12(20)3/h4-5,8,10-12H,6-7,9H2,1-3H3. The monoisotopic (exact) mass is 288 g/mol. The molecule has 3 nitrogen and oxygen atoms in total. The Morgan fingerprint density at radius 3 is 2.95 bits per heavy atom. The van der Waals surface area contributed by atoms with Gasteiger partial charge in [0.1, 0.15) is 12.1 Å². The fourth-order valence-corrected chi connectivity index (χ4v) is 2.92. The first-order valence-electron chi connectivity index (χ1n) is 7.51. The van der Waals surface area contributed by atoms with E-state index < -0.39 is 0 Å². The van der Waals surface area contributed by atoms with Gasteiger partial charge in [-0.2, -0.15) is 0 Å². The maximum atomic E-state index is 13.5. The molecule has 1 aliphatic heterocycles. The minimum absolute atomic E-state index is 0.161. The Labute approximate surface area is 124 Å². The Bertz CT molecular complexity index is 635. The van der Waals surface area contributed by atoms with Gasteiger partial charge in [-0.1, -0.05) is 19.9 Å². The number of fused-ring (bicyclic) bond motifs is 1. The SMILES string of the molecule is CC(C)c1nc(CN2CCc3ccc(F)cc3C2C)co1. The topological polar surface area (TPSA) is 29.3 Å². The van der Waals surface area contributed by atoms with E-state index in [1.165, 1.54) is 5.56 Å². The third-order valence-corrected chi connectivity index (χ3v) is 4.20. The second kappa shape index (κ2) is 5.60. The molecule has 4 heteroatoms. The molecule has 1 unspecified atom stereocenters. The number of rotatable bonds is 3. The molecule has 3 rings (SSSR count). The molecule has 0 amide bonds. The molecule has 0 bridgehead atoms. The van der Waals surface area contributed by atoms with Crippen LogP contribution < -0.4 is 0 Å². The van der Waals surface area contributed by atoms with Crippen molar-refractivity contribution >= 4 is 0 Å². The Kier molecular flexibility index (Phi) is 3.81. The van der Waals surface area contributed by atoms with Crippen molar-refractivity contribution in [3.8, 4) is 0 Å². The lowest BCUT2D eigenvalue weighted by molar-refractivity contribution is 0.187. The lowest BCUT2D eigenvalue weighted by Crippen LogP contribution is -2.33. The highest BCUT2D eigenvalue weighted by atomic mass is 19.1. The van der Waals surface area contributed by atoms with E-state index in [2.05, 4.69) is 30.7 Å². The predicted octanol–water partition coefficient (Wildman–Crippen LogP) is 4.06. The number of hydrogen-bond donors (Lipinski definition) is 0. The lowest BCUT2D eigenvalue weighted by atomic mass is 9.93. The molecule has 0 radical (unpaired) electrons. The van der Waals surface area contributed by atoms with Gasteiger partial charge in [0, 0.05) is 25.0 Å². The first-order valence-corrected chi connectivity index (χ1v) is 7.51. The van der Waals surface area contributed by atoms with Gasteiger partial charge in [-0.25, -0.2) is 9.37 Å². The van der Waals surface area contributed by atoms with Crippen molar-refractivity contribution in [1.82, 2.24) is 9.88 Å². The van der Waals surface area contributed by atoms with Gasteiger partial charge in [0.2, 0.25) is 0 Å². The van der Waals surface area contributed by atoms with Crippen molar-refractivity contribution in [3.63, 3.8) is 0 Å². The molecule has 0 N–H and O–H groups in total. The summed E-state index contributed by atoms with van der Waals surface area (Å²) in [5.41, 5.74) is 3.29. The molecule has 112 valence electrons. The van der Waals surface area contributed by atoms with Crippen LogP contribution in [0, 0.1) is 5.82 Å². The van der Waals surface area contributed by atoms with Crippen LogP contribution in [0.5, 0.6) is 0 Å². The van der Waals surface area contributed by atoms with Crippen LogP contribution in [0.25, 0.3) is 0 Å². The van der Waals surface area contributed by atoms with Gasteiger partial charge in [0.05, 0.1) is 5.69 Å². The molecular weight excluding hydrogens is 267 g/mol. The molecule has 1 aromatic carbocycles. The van der Waals surface area contributed by atoms with Crippen LogP contribution in [0.3, 0.4) is 0 Å². The van der Waals surface area contributed by atoms with Crippen LogP contribution in [0.15, 0.2) is 28.9 Å². The van der Waals surface area contributed by atoms with Crippen LogP contribution in [0.2, 0.25) is 0 Å². The highest BCUT2D eigenvalue weighted by molar-refractivity contribution is 5.32. The van der Waals surface area contributed by atoms with Crippen molar-refractivity contribution in [2.24, 2.45) is 0 Å². The normalized spacial score (nSPS) is 19.0. The average Bonchev–Trinajstić information content (AvgIpc) is 2.91.